The summed E-state index contributed by atoms with van der Waals surface area (Å²) in [5.41, 5.74) is 0.964. The van der Waals surface area contributed by atoms with Crippen LogP contribution in [0.1, 0.15) is 27.2 Å². The number of nitrogens with zero attached hydrogens (tertiary/aromatic N) is 2. The van der Waals surface area contributed by atoms with Gasteiger partial charge in [-0.2, -0.15) is 0 Å². The van der Waals surface area contributed by atoms with E-state index >= 15 is 0 Å². The summed E-state index contributed by atoms with van der Waals surface area (Å²) >= 11 is 1.58. The van der Waals surface area contributed by atoms with Crippen LogP contribution in [0, 0.1) is 12.7 Å². The van der Waals surface area contributed by atoms with E-state index in [0.29, 0.717) is 43.7 Å². The fourth-order valence-electron chi connectivity index (χ4n) is 3.00. The predicted molar refractivity (Wildman–Crippen MR) is 96.3 cm³/mol. The van der Waals surface area contributed by atoms with Crippen molar-refractivity contribution in [3.63, 3.8) is 0 Å². The first-order chi connectivity index (χ1) is 12.0. The number of aryl methyl sites for hydroxylation is 1. The molecule has 0 N–H and O–H groups in total. The molecule has 0 spiro atoms. The highest BCUT2D eigenvalue weighted by Crippen LogP contribution is 2.15. The van der Waals surface area contributed by atoms with E-state index in [4.69, 9.17) is 0 Å². The maximum absolute atomic E-state index is 13.4. The molecular weight excluding hydrogens is 339 g/mol. The maximum Gasteiger partial charge on any atom is 0.253 e. The molecule has 25 heavy (non-hydrogen) atoms. The molecule has 0 bridgehead atoms. The van der Waals surface area contributed by atoms with Crippen molar-refractivity contribution in [2.45, 2.75) is 19.8 Å². The van der Waals surface area contributed by atoms with E-state index in [2.05, 4.69) is 0 Å². The number of carbonyl (C=O) groups is 2. The van der Waals surface area contributed by atoms with E-state index in [1.54, 1.807) is 29.2 Å². The highest BCUT2D eigenvalue weighted by Gasteiger charge is 2.23. The van der Waals surface area contributed by atoms with Gasteiger partial charge in [0.2, 0.25) is 5.91 Å². The molecule has 2 amide bonds. The minimum Gasteiger partial charge on any atom is -0.341 e. The Morgan fingerprint density at radius 2 is 1.88 bits per heavy atom. The zero-order valence-corrected chi connectivity index (χ0v) is 15.0. The Bertz CT molecular complexity index is 761. The monoisotopic (exact) mass is 360 g/mol. The lowest BCUT2D eigenvalue weighted by Gasteiger charge is -2.22. The summed E-state index contributed by atoms with van der Waals surface area (Å²) in [5, 5.41) is 1.97. The highest BCUT2D eigenvalue weighted by atomic mass is 32.1. The minimum atomic E-state index is -0.308. The molecule has 1 aliphatic heterocycles. The summed E-state index contributed by atoms with van der Waals surface area (Å²) in [7, 11) is 0. The number of hydrogen-bond acceptors (Lipinski definition) is 3. The summed E-state index contributed by atoms with van der Waals surface area (Å²) in [6, 6.07) is 8.35. The quantitative estimate of drug-likeness (QED) is 0.844. The predicted octanol–water partition coefficient (Wildman–Crippen LogP) is 3.11. The topological polar surface area (TPSA) is 40.6 Å². The van der Waals surface area contributed by atoms with Crippen LogP contribution < -0.4 is 0 Å². The van der Waals surface area contributed by atoms with Crippen LogP contribution in [-0.4, -0.2) is 47.8 Å². The van der Waals surface area contributed by atoms with Gasteiger partial charge in [0.1, 0.15) is 5.82 Å². The lowest BCUT2D eigenvalue weighted by atomic mass is 10.1. The van der Waals surface area contributed by atoms with E-state index < -0.39 is 0 Å². The zero-order chi connectivity index (χ0) is 17.8. The third-order valence-corrected chi connectivity index (χ3v) is 5.32. The Morgan fingerprint density at radius 3 is 2.60 bits per heavy atom. The summed E-state index contributed by atoms with van der Waals surface area (Å²) in [6.45, 7) is 3.97. The summed E-state index contributed by atoms with van der Waals surface area (Å²) in [6.07, 6.45) is 1.17. The van der Waals surface area contributed by atoms with Gasteiger partial charge in [-0.05, 0) is 48.6 Å². The van der Waals surface area contributed by atoms with E-state index in [9.17, 15) is 14.0 Å². The van der Waals surface area contributed by atoms with Crippen LogP contribution in [0.4, 0.5) is 4.39 Å². The molecule has 1 fully saturated rings. The van der Waals surface area contributed by atoms with Gasteiger partial charge in [-0.25, -0.2) is 4.39 Å². The first kappa shape index (κ1) is 17.6. The average molecular weight is 360 g/mol. The molecule has 1 saturated heterocycles. The van der Waals surface area contributed by atoms with Crippen molar-refractivity contribution in [3.05, 3.63) is 57.5 Å². The van der Waals surface area contributed by atoms with Crippen LogP contribution in [-0.2, 0) is 11.2 Å². The van der Waals surface area contributed by atoms with Gasteiger partial charge in [-0.3, -0.25) is 9.59 Å². The highest BCUT2D eigenvalue weighted by molar-refractivity contribution is 7.10. The van der Waals surface area contributed by atoms with Crippen LogP contribution in [0.5, 0.6) is 0 Å². The van der Waals surface area contributed by atoms with E-state index in [-0.39, 0.29) is 17.6 Å². The normalized spacial score (nSPS) is 15.1. The van der Waals surface area contributed by atoms with Gasteiger partial charge in [0.25, 0.3) is 5.91 Å². The van der Waals surface area contributed by atoms with Gasteiger partial charge in [-0.1, -0.05) is 6.07 Å². The van der Waals surface area contributed by atoms with Crippen LogP contribution in [0.15, 0.2) is 35.7 Å². The summed E-state index contributed by atoms with van der Waals surface area (Å²) in [4.78, 5) is 29.7. The number of rotatable bonds is 3. The first-order valence-corrected chi connectivity index (χ1v) is 9.28. The molecule has 2 aromatic rings. The molecule has 1 aromatic heterocycles. The van der Waals surface area contributed by atoms with Crippen LogP contribution in [0.2, 0.25) is 0 Å². The van der Waals surface area contributed by atoms with Crippen molar-refractivity contribution in [3.8, 4) is 0 Å². The van der Waals surface area contributed by atoms with Gasteiger partial charge in [-0.15, -0.1) is 11.3 Å². The van der Waals surface area contributed by atoms with Crippen LogP contribution in [0.3, 0.4) is 0 Å². The molecule has 132 valence electrons. The van der Waals surface area contributed by atoms with E-state index in [1.807, 2.05) is 22.4 Å². The third kappa shape index (κ3) is 4.25. The van der Waals surface area contributed by atoms with Crippen LogP contribution in [0.25, 0.3) is 0 Å². The molecule has 0 atom stereocenters. The minimum absolute atomic E-state index is 0.101. The van der Waals surface area contributed by atoms with Crippen molar-refractivity contribution in [1.29, 1.82) is 0 Å². The second-order valence-corrected chi connectivity index (χ2v) is 7.28. The molecule has 0 aliphatic carbocycles. The zero-order valence-electron chi connectivity index (χ0n) is 14.2. The number of hydrogen-bond donors (Lipinski definition) is 0. The number of benzene rings is 1. The van der Waals surface area contributed by atoms with Crippen molar-refractivity contribution >= 4 is 23.2 Å². The molecule has 0 unspecified atom stereocenters. The largest absolute Gasteiger partial charge is 0.341 e. The van der Waals surface area contributed by atoms with Gasteiger partial charge < -0.3 is 9.80 Å². The van der Waals surface area contributed by atoms with Gasteiger partial charge >= 0.3 is 0 Å². The first-order valence-electron chi connectivity index (χ1n) is 8.40. The summed E-state index contributed by atoms with van der Waals surface area (Å²) in [5.74, 6) is -0.303. The molecule has 6 heteroatoms. The van der Waals surface area contributed by atoms with E-state index in [0.717, 1.165) is 11.3 Å². The van der Waals surface area contributed by atoms with Gasteiger partial charge in [0.15, 0.2) is 0 Å². The fraction of sp³-hybridized carbons (Fsp3) is 0.368. The van der Waals surface area contributed by atoms with Crippen molar-refractivity contribution < 1.29 is 14.0 Å². The number of amides is 2. The molecule has 0 radical (unpaired) electrons. The van der Waals surface area contributed by atoms with Crippen molar-refractivity contribution in [2.24, 2.45) is 0 Å². The Labute approximate surface area is 150 Å². The lowest BCUT2D eigenvalue weighted by Crippen LogP contribution is -2.37. The smallest absolute Gasteiger partial charge is 0.253 e. The average Bonchev–Trinajstić information content (AvgIpc) is 2.98. The molecule has 1 aromatic carbocycles. The van der Waals surface area contributed by atoms with Crippen LogP contribution >= 0.6 is 11.3 Å². The SMILES string of the molecule is Cc1cc(C(=O)N2CCCN(C(=O)Cc3cccs3)CC2)ccc1F. The second-order valence-electron chi connectivity index (χ2n) is 6.25. The van der Waals surface area contributed by atoms with Crippen molar-refractivity contribution in [2.75, 3.05) is 26.2 Å². The van der Waals surface area contributed by atoms with Gasteiger partial charge in [0, 0.05) is 36.6 Å². The molecule has 2 heterocycles. The third-order valence-electron chi connectivity index (χ3n) is 4.45. The fourth-order valence-corrected chi connectivity index (χ4v) is 3.70. The standard InChI is InChI=1S/C19H21FN2O2S/c1-14-12-15(5-6-17(14)20)19(24)22-8-3-7-21(9-10-22)18(23)13-16-4-2-11-25-16/h2,4-6,11-12H,3,7-10,13H2,1H3. The van der Waals surface area contributed by atoms with E-state index in [1.165, 1.54) is 12.1 Å². The molecule has 0 saturated carbocycles. The van der Waals surface area contributed by atoms with Crippen molar-refractivity contribution in [1.82, 2.24) is 9.80 Å². The Hall–Kier alpha value is -2.21. The Morgan fingerprint density at radius 1 is 1.12 bits per heavy atom. The molecule has 3 rings (SSSR count). The summed E-state index contributed by atoms with van der Waals surface area (Å²) < 4.78 is 13.4. The molecule has 1 aliphatic rings. The van der Waals surface area contributed by atoms with Gasteiger partial charge in [0.05, 0.1) is 6.42 Å². The maximum atomic E-state index is 13.4. The Balaban J connectivity index is 1.61. The number of halogens is 1. The number of carbonyl (C=O) groups excluding carboxylic acids is 2. The molecular formula is C19H21FN2O2S. The Kier molecular flexibility index (Phi) is 5.48. The second kappa shape index (κ2) is 7.78. The lowest BCUT2D eigenvalue weighted by molar-refractivity contribution is -0.130. The molecule has 4 nitrogen and oxygen atoms in total. The number of thiophene rings is 1.